The lowest BCUT2D eigenvalue weighted by atomic mass is 10.00. The van der Waals surface area contributed by atoms with E-state index >= 15 is 0 Å². The molecule has 2 atom stereocenters. The van der Waals surface area contributed by atoms with Crippen molar-refractivity contribution in [2.24, 2.45) is 0 Å². The second-order valence-corrected chi connectivity index (χ2v) is 11.1. The van der Waals surface area contributed by atoms with Gasteiger partial charge in [-0.1, -0.05) is 55.0 Å². The van der Waals surface area contributed by atoms with Crippen LogP contribution in [0.25, 0.3) is 0 Å². The monoisotopic (exact) mass is 536 g/mol. The predicted molar refractivity (Wildman–Crippen MR) is 153 cm³/mol. The summed E-state index contributed by atoms with van der Waals surface area (Å²) >= 11 is 1.76. The largest absolute Gasteiger partial charge is 0.491 e. The summed E-state index contributed by atoms with van der Waals surface area (Å²) in [4.78, 5) is 19.0. The molecule has 0 fully saturated rings. The Balaban J connectivity index is 1.37. The predicted octanol–water partition coefficient (Wildman–Crippen LogP) is 5.16. The van der Waals surface area contributed by atoms with Gasteiger partial charge in [0.25, 0.3) is 0 Å². The van der Waals surface area contributed by atoms with Crippen LogP contribution >= 0.6 is 11.3 Å². The number of thiophene rings is 1. The van der Waals surface area contributed by atoms with Gasteiger partial charge in [-0.3, -0.25) is 9.69 Å². The van der Waals surface area contributed by atoms with Gasteiger partial charge in [0.1, 0.15) is 12.4 Å². The molecule has 4 rings (SSSR count). The molecule has 0 aliphatic carbocycles. The second-order valence-electron chi connectivity index (χ2n) is 10.1. The van der Waals surface area contributed by atoms with E-state index in [1.165, 1.54) is 16.0 Å². The first-order chi connectivity index (χ1) is 18.4. The normalized spacial score (nSPS) is 15.9. The molecule has 0 radical (unpaired) electrons. The number of rotatable bonds is 13. The maximum atomic E-state index is 13.6. The van der Waals surface area contributed by atoms with Crippen LogP contribution in [0.1, 0.15) is 46.5 Å². The summed E-state index contributed by atoms with van der Waals surface area (Å²) in [5, 5.41) is 12.8. The van der Waals surface area contributed by atoms with Gasteiger partial charge in [0.05, 0.1) is 31.9 Å². The van der Waals surface area contributed by atoms with Gasteiger partial charge in [0.15, 0.2) is 0 Å². The van der Waals surface area contributed by atoms with Crippen LogP contribution in [0, 0.1) is 13.8 Å². The molecule has 1 amide bonds. The Morgan fingerprint density at radius 1 is 1.18 bits per heavy atom. The Morgan fingerprint density at radius 2 is 2.00 bits per heavy atom. The third-order valence-corrected chi connectivity index (χ3v) is 7.93. The summed E-state index contributed by atoms with van der Waals surface area (Å²) in [7, 11) is 0. The van der Waals surface area contributed by atoms with Gasteiger partial charge < -0.3 is 19.5 Å². The van der Waals surface area contributed by atoms with Crippen molar-refractivity contribution in [1.82, 2.24) is 9.80 Å². The van der Waals surface area contributed by atoms with E-state index in [1.54, 1.807) is 11.3 Å². The number of benzene rings is 2. The Hall–Kier alpha value is -2.71. The van der Waals surface area contributed by atoms with Crippen LogP contribution in [0.15, 0.2) is 60.0 Å². The van der Waals surface area contributed by atoms with E-state index < -0.39 is 6.10 Å². The first-order valence-electron chi connectivity index (χ1n) is 13.5. The number of carbonyl (C=O) groups is 1. The number of hydrogen-bond donors (Lipinski definition) is 1. The lowest BCUT2D eigenvalue weighted by Crippen LogP contribution is -2.48. The molecule has 7 heteroatoms. The van der Waals surface area contributed by atoms with Gasteiger partial charge in [-0.15, -0.1) is 11.3 Å². The summed E-state index contributed by atoms with van der Waals surface area (Å²) in [6, 6.07) is 18.1. The molecule has 1 aliphatic rings. The molecule has 204 valence electrons. The van der Waals surface area contributed by atoms with Crippen molar-refractivity contribution in [2.75, 3.05) is 39.4 Å². The Morgan fingerprint density at radius 3 is 2.76 bits per heavy atom. The highest BCUT2D eigenvalue weighted by Gasteiger charge is 2.33. The van der Waals surface area contributed by atoms with Crippen LogP contribution < -0.4 is 4.74 Å². The van der Waals surface area contributed by atoms with Crippen LogP contribution in [0.2, 0.25) is 0 Å². The van der Waals surface area contributed by atoms with Crippen molar-refractivity contribution in [2.45, 2.75) is 52.4 Å². The second kappa shape index (κ2) is 13.9. The van der Waals surface area contributed by atoms with Gasteiger partial charge >= 0.3 is 0 Å². The molecule has 3 aromatic rings. The van der Waals surface area contributed by atoms with Crippen molar-refractivity contribution in [1.29, 1.82) is 0 Å². The number of fused-ring (bicyclic) bond motifs is 1. The fourth-order valence-corrected chi connectivity index (χ4v) is 6.00. The van der Waals surface area contributed by atoms with E-state index in [4.69, 9.17) is 9.47 Å². The highest BCUT2D eigenvalue weighted by atomic mass is 32.1. The number of hydrogen-bond acceptors (Lipinski definition) is 6. The summed E-state index contributed by atoms with van der Waals surface area (Å²) in [5.74, 6) is 0.929. The fraction of sp³-hybridized carbons (Fsp3) is 0.452. The van der Waals surface area contributed by atoms with E-state index in [9.17, 15) is 9.90 Å². The first-order valence-corrected chi connectivity index (χ1v) is 14.4. The Bertz CT molecular complexity index is 1170. The minimum absolute atomic E-state index is 0.0712. The number of aliphatic hydroxyl groups is 1. The zero-order chi connectivity index (χ0) is 26.9. The average molecular weight is 537 g/mol. The van der Waals surface area contributed by atoms with Crippen molar-refractivity contribution in [3.05, 3.63) is 87.1 Å². The molecule has 1 aliphatic heterocycles. The smallest absolute Gasteiger partial charge is 0.237 e. The van der Waals surface area contributed by atoms with E-state index in [1.807, 2.05) is 46.2 Å². The number of amides is 1. The van der Waals surface area contributed by atoms with Gasteiger partial charge in [-0.25, -0.2) is 0 Å². The van der Waals surface area contributed by atoms with Gasteiger partial charge in [-0.2, -0.15) is 0 Å². The summed E-state index contributed by atoms with van der Waals surface area (Å²) in [5.41, 5.74) is 4.57. The molecule has 1 aromatic heterocycles. The van der Waals surface area contributed by atoms with Crippen LogP contribution in [-0.2, 0) is 22.6 Å². The lowest BCUT2D eigenvalue weighted by Gasteiger charge is -2.37. The quantitative estimate of drug-likeness (QED) is 0.327. The third-order valence-electron chi connectivity index (χ3n) is 6.93. The number of carbonyl (C=O) groups excluding carboxylic acids is 1. The van der Waals surface area contributed by atoms with E-state index in [0.717, 1.165) is 36.3 Å². The highest BCUT2D eigenvalue weighted by molar-refractivity contribution is 7.10. The molecule has 0 saturated heterocycles. The van der Waals surface area contributed by atoms with Crippen LogP contribution in [-0.4, -0.2) is 66.3 Å². The van der Waals surface area contributed by atoms with Crippen LogP contribution in [0.5, 0.6) is 5.75 Å². The molecule has 0 saturated carbocycles. The minimum atomic E-state index is -0.661. The minimum Gasteiger partial charge on any atom is -0.491 e. The SMILES string of the molecule is CCCN(CC(=O)N1CCc2sccc2[C@H]1COc1ccc(C)cc1C)C[C@@H](O)COCc1ccccc1. The standard InChI is InChI=1S/C31H40N2O4S/c1-4-14-32(18-26(34)21-36-20-25-8-6-5-7-9-25)19-31(35)33-15-12-30-27(13-16-38-30)28(33)22-37-29-11-10-23(2)17-24(29)3/h5-11,13,16-17,26,28,34H,4,12,14-15,18-22H2,1-3H3/t26-,28-/m1/s1. The third kappa shape index (κ3) is 7.67. The number of ether oxygens (including phenoxy) is 2. The molecular formula is C31H40N2O4S. The van der Waals surface area contributed by atoms with Crippen molar-refractivity contribution >= 4 is 17.2 Å². The summed E-state index contributed by atoms with van der Waals surface area (Å²) < 4.78 is 12.0. The number of aryl methyl sites for hydroxylation is 2. The summed E-state index contributed by atoms with van der Waals surface area (Å²) in [6.45, 7) is 9.42. The van der Waals surface area contributed by atoms with Crippen molar-refractivity contribution in [3.8, 4) is 5.75 Å². The van der Waals surface area contributed by atoms with Gasteiger partial charge in [0.2, 0.25) is 5.91 Å². The van der Waals surface area contributed by atoms with Crippen molar-refractivity contribution < 1.29 is 19.4 Å². The molecular weight excluding hydrogens is 496 g/mol. The van der Waals surface area contributed by atoms with Crippen LogP contribution in [0.3, 0.4) is 0 Å². The lowest BCUT2D eigenvalue weighted by molar-refractivity contribution is -0.136. The molecule has 38 heavy (non-hydrogen) atoms. The molecule has 0 bridgehead atoms. The first kappa shape index (κ1) is 28.3. The molecule has 2 aromatic carbocycles. The number of aliphatic hydroxyl groups excluding tert-OH is 1. The fourth-order valence-electron chi connectivity index (χ4n) is 5.08. The maximum Gasteiger partial charge on any atom is 0.237 e. The van der Waals surface area contributed by atoms with Crippen LogP contribution in [0.4, 0.5) is 0 Å². The Labute approximate surface area is 230 Å². The molecule has 0 unspecified atom stereocenters. The van der Waals surface area contributed by atoms with E-state index in [2.05, 4.69) is 44.4 Å². The molecule has 6 nitrogen and oxygen atoms in total. The van der Waals surface area contributed by atoms with E-state index in [-0.39, 0.29) is 25.1 Å². The topological polar surface area (TPSA) is 62.2 Å². The van der Waals surface area contributed by atoms with Crippen molar-refractivity contribution in [3.63, 3.8) is 0 Å². The molecule has 0 spiro atoms. The zero-order valence-electron chi connectivity index (χ0n) is 22.8. The zero-order valence-corrected chi connectivity index (χ0v) is 23.6. The van der Waals surface area contributed by atoms with Gasteiger partial charge in [-0.05, 0) is 67.4 Å². The van der Waals surface area contributed by atoms with Gasteiger partial charge in [0, 0.05) is 18.0 Å². The Kier molecular flexibility index (Phi) is 10.4. The van der Waals surface area contributed by atoms with E-state index in [0.29, 0.717) is 26.3 Å². The molecule has 1 N–H and O–H groups in total. The highest BCUT2D eigenvalue weighted by Crippen LogP contribution is 2.34. The molecule has 2 heterocycles. The summed E-state index contributed by atoms with van der Waals surface area (Å²) in [6.07, 6.45) is 1.10. The number of nitrogens with zero attached hydrogens (tertiary/aromatic N) is 2. The average Bonchev–Trinajstić information content (AvgIpc) is 3.38. The maximum absolute atomic E-state index is 13.6.